The lowest BCUT2D eigenvalue weighted by Gasteiger charge is -1.96. The van der Waals surface area contributed by atoms with Crippen molar-refractivity contribution in [2.75, 3.05) is 12.8 Å². The Morgan fingerprint density at radius 3 is 2.60 bits per heavy atom. The van der Waals surface area contributed by atoms with Crippen LogP contribution in [0.1, 0.15) is 0 Å². The number of aromatic nitrogens is 1. The summed E-state index contributed by atoms with van der Waals surface area (Å²) in [4.78, 5) is 3.85. The van der Waals surface area contributed by atoms with E-state index in [-0.39, 0.29) is 12.4 Å². The Labute approximate surface area is 65.6 Å². The monoisotopic (exact) mass is 160 g/mol. The van der Waals surface area contributed by atoms with Gasteiger partial charge in [-0.2, -0.15) is 4.98 Å². The zero-order valence-electron chi connectivity index (χ0n) is 5.57. The molecule has 0 saturated carbocycles. The van der Waals surface area contributed by atoms with Crippen LogP contribution in [0.3, 0.4) is 0 Å². The highest BCUT2D eigenvalue weighted by molar-refractivity contribution is 5.85. The van der Waals surface area contributed by atoms with Crippen molar-refractivity contribution < 1.29 is 4.74 Å². The van der Waals surface area contributed by atoms with Crippen LogP contribution in [-0.4, -0.2) is 12.1 Å². The van der Waals surface area contributed by atoms with Crippen LogP contribution in [0.15, 0.2) is 18.2 Å². The summed E-state index contributed by atoms with van der Waals surface area (Å²) in [5.41, 5.74) is 5.34. The zero-order chi connectivity index (χ0) is 6.69. The predicted octanol–water partition coefficient (Wildman–Crippen LogP) is 1.09. The second kappa shape index (κ2) is 3.95. The summed E-state index contributed by atoms with van der Waals surface area (Å²) in [7, 11) is 1.56. The fourth-order valence-corrected chi connectivity index (χ4v) is 0.544. The van der Waals surface area contributed by atoms with E-state index in [1.165, 1.54) is 0 Å². The van der Waals surface area contributed by atoms with E-state index in [2.05, 4.69) is 4.98 Å². The molecule has 56 valence electrons. The molecule has 0 aromatic carbocycles. The second-order valence-corrected chi connectivity index (χ2v) is 1.60. The summed E-state index contributed by atoms with van der Waals surface area (Å²) in [6.07, 6.45) is 0. The van der Waals surface area contributed by atoms with Crippen molar-refractivity contribution in [3.63, 3.8) is 0 Å². The molecule has 0 aliphatic carbocycles. The Morgan fingerprint density at radius 2 is 2.20 bits per heavy atom. The molecule has 4 heteroatoms. The summed E-state index contributed by atoms with van der Waals surface area (Å²) < 4.78 is 4.80. The Kier molecular flexibility index (Phi) is 3.57. The third kappa shape index (κ3) is 2.11. The number of pyridine rings is 1. The average Bonchev–Trinajstić information content (AvgIpc) is 1.88. The van der Waals surface area contributed by atoms with Crippen molar-refractivity contribution in [2.24, 2.45) is 0 Å². The molecule has 3 nitrogen and oxygen atoms in total. The molecule has 0 spiro atoms. The van der Waals surface area contributed by atoms with Crippen LogP contribution in [0, 0.1) is 0 Å². The van der Waals surface area contributed by atoms with Crippen molar-refractivity contribution in [2.45, 2.75) is 0 Å². The highest BCUT2D eigenvalue weighted by Gasteiger charge is 1.88. The molecular weight excluding hydrogens is 152 g/mol. The molecule has 0 radical (unpaired) electrons. The van der Waals surface area contributed by atoms with Gasteiger partial charge in [0.15, 0.2) is 0 Å². The Morgan fingerprint density at radius 1 is 1.50 bits per heavy atom. The lowest BCUT2D eigenvalue weighted by molar-refractivity contribution is 0.398. The molecule has 1 aromatic heterocycles. The topological polar surface area (TPSA) is 48.1 Å². The number of nitrogen functional groups attached to an aromatic ring is 1. The highest BCUT2D eigenvalue weighted by Crippen LogP contribution is 2.06. The van der Waals surface area contributed by atoms with Gasteiger partial charge in [0.1, 0.15) is 5.82 Å². The molecule has 0 aliphatic rings. The van der Waals surface area contributed by atoms with Gasteiger partial charge in [-0.15, -0.1) is 12.4 Å². The summed E-state index contributed by atoms with van der Waals surface area (Å²) in [6, 6.07) is 5.25. The van der Waals surface area contributed by atoms with Gasteiger partial charge in [-0.05, 0) is 6.07 Å². The number of hydrogen-bond acceptors (Lipinski definition) is 3. The van der Waals surface area contributed by atoms with E-state index >= 15 is 0 Å². The number of hydrogen-bond donors (Lipinski definition) is 1. The van der Waals surface area contributed by atoms with Crippen LogP contribution in [0.2, 0.25) is 0 Å². The Hall–Kier alpha value is -0.960. The lowest BCUT2D eigenvalue weighted by Crippen LogP contribution is -1.91. The maximum Gasteiger partial charge on any atom is 0.214 e. The molecule has 0 saturated heterocycles. The molecule has 10 heavy (non-hydrogen) atoms. The van der Waals surface area contributed by atoms with Crippen LogP contribution in [0.4, 0.5) is 5.82 Å². The minimum atomic E-state index is 0. The van der Waals surface area contributed by atoms with Crippen molar-refractivity contribution in [3.05, 3.63) is 18.2 Å². The molecule has 0 unspecified atom stereocenters. The smallest absolute Gasteiger partial charge is 0.214 e. The normalized spacial score (nSPS) is 8.10. The predicted molar refractivity (Wildman–Crippen MR) is 42.4 cm³/mol. The quantitative estimate of drug-likeness (QED) is 0.669. The van der Waals surface area contributed by atoms with Gasteiger partial charge in [-0.1, -0.05) is 6.07 Å². The summed E-state index contributed by atoms with van der Waals surface area (Å²) in [6.45, 7) is 0. The van der Waals surface area contributed by atoms with Crippen molar-refractivity contribution in [1.29, 1.82) is 0 Å². The van der Waals surface area contributed by atoms with Gasteiger partial charge in [0.25, 0.3) is 0 Å². The largest absolute Gasteiger partial charge is 0.481 e. The number of nitrogens with zero attached hydrogens (tertiary/aromatic N) is 1. The van der Waals surface area contributed by atoms with E-state index in [1.807, 2.05) is 0 Å². The maximum absolute atomic E-state index is 5.34. The third-order valence-electron chi connectivity index (χ3n) is 0.954. The average molecular weight is 161 g/mol. The number of nitrogens with two attached hydrogens (primary N) is 1. The van der Waals surface area contributed by atoms with Crippen LogP contribution in [0.5, 0.6) is 5.88 Å². The van der Waals surface area contributed by atoms with E-state index in [4.69, 9.17) is 10.5 Å². The minimum Gasteiger partial charge on any atom is -0.481 e. The van der Waals surface area contributed by atoms with Gasteiger partial charge < -0.3 is 10.5 Å². The van der Waals surface area contributed by atoms with E-state index in [0.29, 0.717) is 11.7 Å². The molecule has 1 aromatic rings. The molecular formula is C6H9ClN2O. The molecule has 2 N–H and O–H groups in total. The summed E-state index contributed by atoms with van der Waals surface area (Å²) >= 11 is 0. The minimum absolute atomic E-state index is 0. The fourth-order valence-electron chi connectivity index (χ4n) is 0.544. The van der Waals surface area contributed by atoms with Crippen LogP contribution in [-0.2, 0) is 0 Å². The van der Waals surface area contributed by atoms with Crippen molar-refractivity contribution in [1.82, 2.24) is 4.98 Å². The number of halogens is 1. The van der Waals surface area contributed by atoms with E-state index < -0.39 is 0 Å². The molecule has 1 rings (SSSR count). The summed E-state index contributed by atoms with van der Waals surface area (Å²) in [5, 5.41) is 0. The van der Waals surface area contributed by atoms with E-state index in [1.54, 1.807) is 25.3 Å². The van der Waals surface area contributed by atoms with Crippen molar-refractivity contribution >= 4 is 18.2 Å². The standard InChI is InChI=1S/C6H8N2O.ClH/c1-9-6-4-2-3-5(7)8-6;/h2-4H,1H3,(H2,7,8);1H. The number of rotatable bonds is 1. The van der Waals surface area contributed by atoms with Crippen LogP contribution < -0.4 is 10.5 Å². The molecule has 0 atom stereocenters. The molecule has 1 heterocycles. The second-order valence-electron chi connectivity index (χ2n) is 1.60. The van der Waals surface area contributed by atoms with Gasteiger partial charge in [0, 0.05) is 6.07 Å². The third-order valence-corrected chi connectivity index (χ3v) is 0.954. The number of methoxy groups -OCH3 is 1. The lowest BCUT2D eigenvalue weighted by atomic mass is 10.5. The Balaban J connectivity index is 0.000000810. The first-order valence-electron chi connectivity index (χ1n) is 2.59. The van der Waals surface area contributed by atoms with Crippen molar-refractivity contribution in [3.8, 4) is 5.88 Å². The number of anilines is 1. The first-order valence-corrected chi connectivity index (χ1v) is 2.59. The maximum atomic E-state index is 5.34. The van der Waals surface area contributed by atoms with Crippen LogP contribution >= 0.6 is 12.4 Å². The fraction of sp³-hybridized carbons (Fsp3) is 0.167. The number of ether oxygens (including phenoxy) is 1. The van der Waals surface area contributed by atoms with Crippen LogP contribution in [0.25, 0.3) is 0 Å². The first-order chi connectivity index (χ1) is 4.33. The van der Waals surface area contributed by atoms with Gasteiger partial charge in [0.2, 0.25) is 5.88 Å². The molecule has 0 bridgehead atoms. The highest BCUT2D eigenvalue weighted by atomic mass is 35.5. The molecule has 0 amide bonds. The zero-order valence-corrected chi connectivity index (χ0v) is 6.39. The summed E-state index contributed by atoms with van der Waals surface area (Å²) in [5.74, 6) is 1.03. The molecule has 0 fully saturated rings. The Bertz CT molecular complexity index is 205. The SMILES string of the molecule is COc1cccc(N)n1.Cl. The van der Waals surface area contributed by atoms with E-state index in [9.17, 15) is 0 Å². The van der Waals surface area contributed by atoms with Gasteiger partial charge >= 0.3 is 0 Å². The van der Waals surface area contributed by atoms with Gasteiger partial charge in [-0.3, -0.25) is 0 Å². The van der Waals surface area contributed by atoms with Gasteiger partial charge in [-0.25, -0.2) is 0 Å². The van der Waals surface area contributed by atoms with Gasteiger partial charge in [0.05, 0.1) is 7.11 Å². The molecule has 0 aliphatic heterocycles. The van der Waals surface area contributed by atoms with E-state index in [0.717, 1.165) is 0 Å². The first kappa shape index (κ1) is 9.04.